The molecule has 0 amide bonds. The standard InChI is InChI=1S/C20H22F2N2OS/c1-13-3-4-15(21)10-19(13)23-8-7-16-12-26-20(24-16)11-25-17-5-6-18(22)14(2)9-17/h3-6,9-10,16,23H,7-8,11-12H2,1-2H3. The highest BCUT2D eigenvalue weighted by Crippen LogP contribution is 2.23. The summed E-state index contributed by atoms with van der Waals surface area (Å²) in [5.41, 5.74) is 2.43. The Hall–Kier alpha value is -2.08. The Morgan fingerprint density at radius 3 is 2.81 bits per heavy atom. The first-order valence-electron chi connectivity index (χ1n) is 8.60. The molecule has 0 fully saturated rings. The molecule has 3 rings (SSSR count). The number of benzene rings is 2. The van der Waals surface area contributed by atoms with Crippen molar-refractivity contribution in [2.24, 2.45) is 4.99 Å². The zero-order valence-corrected chi connectivity index (χ0v) is 15.7. The van der Waals surface area contributed by atoms with Gasteiger partial charge in [-0.15, -0.1) is 11.8 Å². The molecule has 138 valence electrons. The predicted molar refractivity (Wildman–Crippen MR) is 105 cm³/mol. The van der Waals surface area contributed by atoms with Crippen LogP contribution in [0.15, 0.2) is 41.4 Å². The summed E-state index contributed by atoms with van der Waals surface area (Å²) in [5.74, 6) is 1.11. The molecular formula is C20H22F2N2OS. The molecule has 6 heteroatoms. The van der Waals surface area contributed by atoms with E-state index in [2.05, 4.69) is 10.3 Å². The van der Waals surface area contributed by atoms with Crippen molar-refractivity contribution < 1.29 is 13.5 Å². The molecule has 1 N–H and O–H groups in total. The summed E-state index contributed by atoms with van der Waals surface area (Å²) in [4.78, 5) is 4.68. The summed E-state index contributed by atoms with van der Waals surface area (Å²) >= 11 is 1.69. The Morgan fingerprint density at radius 1 is 1.15 bits per heavy atom. The van der Waals surface area contributed by atoms with Gasteiger partial charge in [-0.2, -0.15) is 0 Å². The Bertz CT molecular complexity index is 810. The first-order chi connectivity index (χ1) is 12.5. The number of anilines is 1. The number of thioether (sulfide) groups is 1. The van der Waals surface area contributed by atoms with Crippen LogP contribution in [0.3, 0.4) is 0 Å². The van der Waals surface area contributed by atoms with E-state index in [0.29, 0.717) is 17.9 Å². The number of aryl methyl sites for hydroxylation is 2. The average Bonchev–Trinajstić information content (AvgIpc) is 3.07. The molecule has 1 aliphatic rings. The molecule has 0 saturated carbocycles. The molecule has 1 heterocycles. The fraction of sp³-hybridized carbons (Fsp3) is 0.350. The lowest BCUT2D eigenvalue weighted by molar-refractivity contribution is 0.377. The summed E-state index contributed by atoms with van der Waals surface area (Å²) in [7, 11) is 0. The minimum absolute atomic E-state index is 0.231. The molecule has 0 aliphatic carbocycles. The lowest BCUT2D eigenvalue weighted by Gasteiger charge is -2.11. The Labute approximate surface area is 156 Å². The van der Waals surface area contributed by atoms with Crippen molar-refractivity contribution in [2.45, 2.75) is 26.3 Å². The van der Waals surface area contributed by atoms with Crippen LogP contribution in [0.1, 0.15) is 17.5 Å². The van der Waals surface area contributed by atoms with Crippen LogP contribution in [0, 0.1) is 25.5 Å². The van der Waals surface area contributed by atoms with Crippen molar-refractivity contribution in [1.29, 1.82) is 0 Å². The third-order valence-electron chi connectivity index (χ3n) is 4.25. The summed E-state index contributed by atoms with van der Waals surface area (Å²) in [6, 6.07) is 9.73. The normalized spacial score (nSPS) is 16.5. The maximum absolute atomic E-state index is 13.3. The SMILES string of the molecule is Cc1cc(OCC2=NC(CCNc3cc(F)ccc3C)CS2)ccc1F. The zero-order chi connectivity index (χ0) is 18.5. The van der Waals surface area contributed by atoms with Gasteiger partial charge in [0.05, 0.1) is 6.04 Å². The number of hydrogen-bond acceptors (Lipinski definition) is 4. The third kappa shape index (κ3) is 4.97. The quantitative estimate of drug-likeness (QED) is 0.740. The molecule has 2 aromatic rings. The molecular weight excluding hydrogens is 354 g/mol. The van der Waals surface area contributed by atoms with E-state index < -0.39 is 0 Å². The fourth-order valence-electron chi connectivity index (χ4n) is 2.71. The highest BCUT2D eigenvalue weighted by atomic mass is 32.2. The maximum atomic E-state index is 13.3. The Morgan fingerprint density at radius 2 is 2.00 bits per heavy atom. The second kappa shape index (κ2) is 8.54. The van der Waals surface area contributed by atoms with E-state index in [0.717, 1.165) is 35.0 Å². The number of aliphatic imine (C=N–C) groups is 1. The van der Waals surface area contributed by atoms with Crippen LogP contribution in [0.4, 0.5) is 14.5 Å². The first kappa shape index (κ1) is 18.7. The number of rotatable bonds is 7. The predicted octanol–water partition coefficient (Wildman–Crippen LogP) is 4.98. The van der Waals surface area contributed by atoms with Gasteiger partial charge in [0.1, 0.15) is 29.0 Å². The molecule has 1 aliphatic heterocycles. The van der Waals surface area contributed by atoms with Crippen molar-refractivity contribution in [3.63, 3.8) is 0 Å². The molecule has 0 aromatic heterocycles. The van der Waals surface area contributed by atoms with Crippen LogP contribution in [0.25, 0.3) is 0 Å². The molecule has 26 heavy (non-hydrogen) atoms. The lowest BCUT2D eigenvalue weighted by atomic mass is 10.2. The van der Waals surface area contributed by atoms with Gasteiger partial charge in [-0.1, -0.05) is 6.07 Å². The molecule has 1 atom stereocenters. The van der Waals surface area contributed by atoms with Gasteiger partial charge in [0.15, 0.2) is 0 Å². The first-order valence-corrected chi connectivity index (χ1v) is 9.58. The minimum atomic E-state index is -0.233. The maximum Gasteiger partial charge on any atom is 0.136 e. The van der Waals surface area contributed by atoms with Crippen molar-refractivity contribution >= 4 is 22.5 Å². The molecule has 0 saturated heterocycles. The van der Waals surface area contributed by atoms with Gasteiger partial charge < -0.3 is 10.1 Å². The zero-order valence-electron chi connectivity index (χ0n) is 14.9. The van der Waals surface area contributed by atoms with E-state index in [1.807, 2.05) is 6.92 Å². The fourth-order valence-corrected chi connectivity index (χ4v) is 3.70. The highest BCUT2D eigenvalue weighted by Gasteiger charge is 2.18. The number of nitrogens with one attached hydrogen (secondary N) is 1. The number of hydrogen-bond donors (Lipinski definition) is 1. The van der Waals surface area contributed by atoms with Crippen LogP contribution >= 0.6 is 11.8 Å². The van der Waals surface area contributed by atoms with E-state index in [4.69, 9.17) is 4.74 Å². The van der Waals surface area contributed by atoms with Crippen LogP contribution in [0.5, 0.6) is 5.75 Å². The highest BCUT2D eigenvalue weighted by molar-refractivity contribution is 8.14. The summed E-state index contributed by atoms with van der Waals surface area (Å²) in [5, 5.41) is 4.24. The molecule has 0 spiro atoms. The van der Waals surface area contributed by atoms with E-state index in [1.165, 1.54) is 18.2 Å². The van der Waals surface area contributed by atoms with E-state index in [1.54, 1.807) is 36.9 Å². The van der Waals surface area contributed by atoms with Crippen molar-refractivity contribution in [1.82, 2.24) is 0 Å². The molecule has 0 radical (unpaired) electrons. The Kier molecular flexibility index (Phi) is 6.14. The molecule has 0 bridgehead atoms. The van der Waals surface area contributed by atoms with Gasteiger partial charge in [0, 0.05) is 18.0 Å². The van der Waals surface area contributed by atoms with E-state index in [9.17, 15) is 8.78 Å². The van der Waals surface area contributed by atoms with Crippen molar-refractivity contribution in [3.8, 4) is 5.75 Å². The number of nitrogens with zero attached hydrogens (tertiary/aromatic N) is 1. The van der Waals surface area contributed by atoms with Gasteiger partial charge in [-0.05, 0) is 61.7 Å². The third-order valence-corrected chi connectivity index (χ3v) is 5.36. The minimum Gasteiger partial charge on any atom is -0.487 e. The molecule has 2 aromatic carbocycles. The van der Waals surface area contributed by atoms with Crippen molar-refractivity contribution in [3.05, 3.63) is 59.2 Å². The Balaban J connectivity index is 1.45. The average molecular weight is 376 g/mol. The second-order valence-corrected chi connectivity index (χ2v) is 7.46. The van der Waals surface area contributed by atoms with Crippen LogP contribution in [0.2, 0.25) is 0 Å². The van der Waals surface area contributed by atoms with Gasteiger partial charge >= 0.3 is 0 Å². The van der Waals surface area contributed by atoms with Crippen molar-refractivity contribution in [2.75, 3.05) is 24.2 Å². The number of halogens is 2. The van der Waals surface area contributed by atoms with E-state index >= 15 is 0 Å². The van der Waals surface area contributed by atoms with E-state index in [-0.39, 0.29) is 17.7 Å². The monoisotopic (exact) mass is 376 g/mol. The van der Waals surface area contributed by atoms with Gasteiger partial charge in [-0.25, -0.2) is 8.78 Å². The van der Waals surface area contributed by atoms with Crippen LogP contribution < -0.4 is 10.1 Å². The molecule has 3 nitrogen and oxygen atoms in total. The summed E-state index contributed by atoms with van der Waals surface area (Å²) in [6.07, 6.45) is 0.877. The largest absolute Gasteiger partial charge is 0.487 e. The van der Waals surface area contributed by atoms with Crippen LogP contribution in [-0.2, 0) is 0 Å². The number of ether oxygens (including phenoxy) is 1. The smallest absolute Gasteiger partial charge is 0.136 e. The summed E-state index contributed by atoms with van der Waals surface area (Å²) < 4.78 is 32.3. The van der Waals surface area contributed by atoms with Gasteiger partial charge in [0.2, 0.25) is 0 Å². The lowest BCUT2D eigenvalue weighted by Crippen LogP contribution is -2.12. The van der Waals surface area contributed by atoms with Crippen LogP contribution in [-0.4, -0.2) is 30.0 Å². The van der Waals surface area contributed by atoms with Gasteiger partial charge in [0.25, 0.3) is 0 Å². The topological polar surface area (TPSA) is 33.6 Å². The summed E-state index contributed by atoms with van der Waals surface area (Å²) in [6.45, 7) is 4.82. The second-order valence-electron chi connectivity index (χ2n) is 6.36. The molecule has 1 unspecified atom stereocenters. The van der Waals surface area contributed by atoms with Gasteiger partial charge in [-0.3, -0.25) is 4.99 Å².